The number of benzene rings is 1. The molecular weight excluding hydrogens is 198 g/mol. The lowest BCUT2D eigenvalue weighted by Crippen LogP contribution is -2.33. The predicted molar refractivity (Wildman–Crippen MR) is 64.1 cm³/mol. The van der Waals surface area contributed by atoms with Gasteiger partial charge in [0.1, 0.15) is 0 Å². The molecule has 1 fully saturated rings. The van der Waals surface area contributed by atoms with Crippen LogP contribution in [-0.2, 0) is 5.54 Å². The van der Waals surface area contributed by atoms with Crippen LogP contribution in [0.3, 0.4) is 0 Å². The van der Waals surface area contributed by atoms with Crippen LogP contribution in [0.4, 0.5) is 0 Å². The molecule has 1 N–H and O–H groups in total. The summed E-state index contributed by atoms with van der Waals surface area (Å²) in [4.78, 5) is 0. The highest BCUT2D eigenvalue weighted by molar-refractivity contribution is 5.85. The summed E-state index contributed by atoms with van der Waals surface area (Å²) in [6, 6.07) is 6.39. The summed E-state index contributed by atoms with van der Waals surface area (Å²) in [5.41, 5.74) is 1.44. The molecule has 0 amide bonds. The predicted octanol–water partition coefficient (Wildman–Crippen LogP) is 2.23. The smallest absolute Gasteiger partial charge is 0.0578 e. The van der Waals surface area contributed by atoms with Crippen LogP contribution in [0, 0.1) is 0 Å². The first-order valence-electron chi connectivity index (χ1n) is 5.74. The van der Waals surface area contributed by atoms with Crippen molar-refractivity contribution < 1.29 is 0 Å². The van der Waals surface area contributed by atoms with Crippen molar-refractivity contribution in [3.05, 3.63) is 36.2 Å². The molecule has 2 aromatic rings. The number of fused-ring (bicyclic) bond motifs is 1. The Labute approximate surface area is 94.9 Å². The molecule has 1 atom stereocenters. The van der Waals surface area contributed by atoms with Gasteiger partial charge in [-0.25, -0.2) is 0 Å². The van der Waals surface area contributed by atoms with Gasteiger partial charge in [0.15, 0.2) is 0 Å². The minimum atomic E-state index is 0.0997. The molecule has 82 valence electrons. The van der Waals surface area contributed by atoms with Crippen molar-refractivity contribution in [2.75, 3.05) is 6.54 Å². The summed E-state index contributed by atoms with van der Waals surface area (Å²) in [6.07, 6.45) is 6.13. The summed E-state index contributed by atoms with van der Waals surface area (Å²) in [6.45, 7) is 3.38. The van der Waals surface area contributed by atoms with Gasteiger partial charge < -0.3 is 5.32 Å². The number of aromatic nitrogens is 2. The third kappa shape index (κ3) is 1.39. The molecule has 0 radical (unpaired) electrons. The molecule has 3 rings (SSSR count). The number of hydrogen-bond donors (Lipinski definition) is 1. The number of hydrogen-bond acceptors (Lipinski definition) is 3. The molecule has 1 saturated heterocycles. The fourth-order valence-corrected chi connectivity index (χ4v) is 2.63. The van der Waals surface area contributed by atoms with E-state index in [1.165, 1.54) is 29.2 Å². The third-order valence-corrected chi connectivity index (χ3v) is 3.55. The Hall–Kier alpha value is -1.48. The maximum absolute atomic E-state index is 4.00. The summed E-state index contributed by atoms with van der Waals surface area (Å²) < 4.78 is 0. The average Bonchev–Trinajstić information content (AvgIpc) is 2.77. The summed E-state index contributed by atoms with van der Waals surface area (Å²) in [5.74, 6) is 0. The van der Waals surface area contributed by atoms with E-state index in [1.807, 2.05) is 12.4 Å². The average molecular weight is 213 g/mol. The van der Waals surface area contributed by atoms with Crippen LogP contribution in [0.1, 0.15) is 25.3 Å². The zero-order valence-corrected chi connectivity index (χ0v) is 9.40. The first-order valence-corrected chi connectivity index (χ1v) is 5.74. The van der Waals surface area contributed by atoms with Crippen LogP contribution in [0.2, 0.25) is 0 Å². The number of nitrogens with one attached hydrogen (secondary N) is 1. The molecule has 2 heterocycles. The van der Waals surface area contributed by atoms with Gasteiger partial charge in [0, 0.05) is 16.3 Å². The Bertz CT molecular complexity index is 510. The molecule has 0 saturated carbocycles. The van der Waals surface area contributed by atoms with Crippen LogP contribution >= 0.6 is 0 Å². The van der Waals surface area contributed by atoms with Gasteiger partial charge in [0.05, 0.1) is 12.4 Å². The second kappa shape index (κ2) is 3.52. The first-order chi connectivity index (χ1) is 7.80. The number of nitrogens with zero attached hydrogens (tertiary/aromatic N) is 2. The topological polar surface area (TPSA) is 37.8 Å². The van der Waals surface area contributed by atoms with E-state index in [0.29, 0.717) is 0 Å². The highest BCUT2D eigenvalue weighted by Gasteiger charge is 2.31. The lowest BCUT2D eigenvalue weighted by molar-refractivity contribution is 0.438. The van der Waals surface area contributed by atoms with E-state index in [-0.39, 0.29) is 5.54 Å². The zero-order chi connectivity index (χ0) is 11.0. The second-order valence-electron chi connectivity index (χ2n) is 4.66. The lowest BCUT2D eigenvalue weighted by Gasteiger charge is -2.26. The van der Waals surface area contributed by atoms with Gasteiger partial charge in [-0.05, 0) is 31.9 Å². The van der Waals surface area contributed by atoms with E-state index in [4.69, 9.17) is 0 Å². The minimum Gasteiger partial charge on any atom is -0.308 e. The van der Waals surface area contributed by atoms with Crippen LogP contribution < -0.4 is 5.32 Å². The maximum Gasteiger partial charge on any atom is 0.0578 e. The van der Waals surface area contributed by atoms with E-state index in [9.17, 15) is 0 Å². The molecule has 1 aromatic heterocycles. The van der Waals surface area contributed by atoms with Crippen molar-refractivity contribution in [1.82, 2.24) is 15.5 Å². The third-order valence-electron chi connectivity index (χ3n) is 3.55. The Morgan fingerprint density at radius 2 is 2.12 bits per heavy atom. The molecule has 16 heavy (non-hydrogen) atoms. The molecule has 3 nitrogen and oxygen atoms in total. The van der Waals surface area contributed by atoms with Crippen molar-refractivity contribution in [1.29, 1.82) is 0 Å². The van der Waals surface area contributed by atoms with Gasteiger partial charge in [-0.15, -0.1) is 0 Å². The van der Waals surface area contributed by atoms with E-state index in [2.05, 4.69) is 40.6 Å². The van der Waals surface area contributed by atoms with Crippen molar-refractivity contribution >= 4 is 10.8 Å². The van der Waals surface area contributed by atoms with Crippen molar-refractivity contribution in [3.8, 4) is 0 Å². The highest BCUT2D eigenvalue weighted by Crippen LogP contribution is 2.34. The molecule has 0 bridgehead atoms. The maximum atomic E-state index is 4.00. The van der Waals surface area contributed by atoms with Crippen molar-refractivity contribution in [2.24, 2.45) is 0 Å². The molecule has 1 aliphatic heterocycles. The van der Waals surface area contributed by atoms with Gasteiger partial charge in [-0.1, -0.05) is 18.2 Å². The van der Waals surface area contributed by atoms with Crippen molar-refractivity contribution in [2.45, 2.75) is 25.3 Å². The molecule has 1 unspecified atom stereocenters. The summed E-state index contributed by atoms with van der Waals surface area (Å²) >= 11 is 0. The highest BCUT2D eigenvalue weighted by atomic mass is 15.1. The Balaban J connectivity index is 2.23. The monoisotopic (exact) mass is 213 g/mol. The second-order valence-corrected chi connectivity index (χ2v) is 4.66. The molecule has 0 aliphatic carbocycles. The Kier molecular flexibility index (Phi) is 2.14. The lowest BCUT2D eigenvalue weighted by atomic mass is 9.87. The van der Waals surface area contributed by atoms with Crippen LogP contribution in [0.15, 0.2) is 30.6 Å². The molecular formula is C13H15N3. The van der Waals surface area contributed by atoms with Gasteiger partial charge in [-0.3, -0.25) is 0 Å². The minimum absolute atomic E-state index is 0.0997. The molecule has 0 spiro atoms. The van der Waals surface area contributed by atoms with E-state index < -0.39 is 0 Å². The zero-order valence-electron chi connectivity index (χ0n) is 9.40. The molecule has 3 heteroatoms. The van der Waals surface area contributed by atoms with Crippen LogP contribution in [0.5, 0.6) is 0 Å². The van der Waals surface area contributed by atoms with Crippen LogP contribution in [0.25, 0.3) is 10.8 Å². The molecule has 1 aliphatic rings. The first kappa shape index (κ1) is 9.73. The Morgan fingerprint density at radius 3 is 2.94 bits per heavy atom. The SMILES string of the molecule is CC1(c2cccc3cnncc23)CCCN1. The Morgan fingerprint density at radius 1 is 1.25 bits per heavy atom. The fraction of sp³-hybridized carbons (Fsp3) is 0.385. The van der Waals surface area contributed by atoms with Crippen LogP contribution in [-0.4, -0.2) is 16.7 Å². The van der Waals surface area contributed by atoms with Gasteiger partial charge in [0.2, 0.25) is 0 Å². The molecule has 1 aromatic carbocycles. The summed E-state index contributed by atoms with van der Waals surface area (Å²) in [5, 5.41) is 13.9. The fourth-order valence-electron chi connectivity index (χ4n) is 2.63. The summed E-state index contributed by atoms with van der Waals surface area (Å²) in [7, 11) is 0. The van der Waals surface area contributed by atoms with Gasteiger partial charge in [0.25, 0.3) is 0 Å². The normalized spacial score (nSPS) is 25.1. The van der Waals surface area contributed by atoms with E-state index in [0.717, 1.165) is 6.54 Å². The quantitative estimate of drug-likeness (QED) is 0.789. The van der Waals surface area contributed by atoms with Crippen molar-refractivity contribution in [3.63, 3.8) is 0 Å². The van der Waals surface area contributed by atoms with E-state index in [1.54, 1.807) is 0 Å². The van der Waals surface area contributed by atoms with E-state index >= 15 is 0 Å². The van der Waals surface area contributed by atoms with Gasteiger partial charge >= 0.3 is 0 Å². The standard InChI is InChI=1S/C13H15N3/c1-13(6-3-7-14-13)12-5-2-4-10-8-15-16-9-11(10)12/h2,4-5,8-9,14H,3,6-7H2,1H3. The number of rotatable bonds is 1. The van der Waals surface area contributed by atoms with Gasteiger partial charge in [-0.2, -0.15) is 10.2 Å². The largest absolute Gasteiger partial charge is 0.308 e.